The number of anilines is 1. The normalized spacial score (nSPS) is 18.2. The molecule has 0 aliphatic carbocycles. The van der Waals surface area contributed by atoms with Crippen LogP contribution in [0.15, 0.2) is 62.5 Å². The Balaban J connectivity index is 1.59. The maximum absolute atomic E-state index is 12.1. The molecule has 0 spiro atoms. The number of hydrogen-bond acceptors (Lipinski definition) is 4. The van der Waals surface area contributed by atoms with Crippen LogP contribution in [-0.4, -0.2) is 22.2 Å². The van der Waals surface area contributed by atoms with Crippen molar-refractivity contribution in [2.45, 2.75) is 11.7 Å². The van der Waals surface area contributed by atoms with Gasteiger partial charge in [-0.25, -0.2) is 4.99 Å². The lowest BCUT2D eigenvalue weighted by molar-refractivity contribution is -0.122. The van der Waals surface area contributed by atoms with E-state index in [-0.39, 0.29) is 18.2 Å². The third kappa shape index (κ3) is 5.17. The van der Waals surface area contributed by atoms with E-state index in [0.29, 0.717) is 10.9 Å². The molecule has 3 rings (SSSR count). The van der Waals surface area contributed by atoms with Crippen LogP contribution in [-0.2, 0) is 9.59 Å². The zero-order valence-electron chi connectivity index (χ0n) is 12.8. The minimum absolute atomic E-state index is 0.0892. The Morgan fingerprint density at radius 2 is 1.68 bits per heavy atom. The Hall–Kier alpha value is -1.64. The van der Waals surface area contributed by atoms with Gasteiger partial charge in [-0.2, -0.15) is 0 Å². The summed E-state index contributed by atoms with van der Waals surface area (Å²) in [7, 11) is 0. The number of amidine groups is 1. The van der Waals surface area contributed by atoms with Gasteiger partial charge in [-0.15, -0.1) is 0 Å². The average molecular weight is 483 g/mol. The van der Waals surface area contributed by atoms with Gasteiger partial charge in [-0.05, 0) is 48.5 Å². The van der Waals surface area contributed by atoms with E-state index in [2.05, 4.69) is 47.5 Å². The first-order valence-corrected chi connectivity index (χ1v) is 9.83. The van der Waals surface area contributed by atoms with Crippen molar-refractivity contribution >= 4 is 72.0 Å². The molecule has 128 valence electrons. The van der Waals surface area contributed by atoms with Crippen molar-refractivity contribution in [1.29, 1.82) is 0 Å². The fourth-order valence-corrected chi connectivity index (χ4v) is 3.66. The molecule has 2 N–H and O–H groups in total. The number of rotatable bonds is 4. The van der Waals surface area contributed by atoms with Crippen molar-refractivity contribution in [2.75, 3.05) is 5.32 Å². The van der Waals surface area contributed by atoms with Gasteiger partial charge in [0, 0.05) is 21.1 Å². The number of hydrogen-bond donors (Lipinski definition) is 2. The van der Waals surface area contributed by atoms with Gasteiger partial charge in [0.05, 0.1) is 5.69 Å². The summed E-state index contributed by atoms with van der Waals surface area (Å²) >= 11 is 7.98. The minimum atomic E-state index is -0.482. The molecule has 1 atom stereocenters. The number of thioether (sulfide) groups is 1. The van der Waals surface area contributed by atoms with Gasteiger partial charge in [0.25, 0.3) is 0 Å². The highest BCUT2D eigenvalue weighted by Crippen LogP contribution is 2.26. The van der Waals surface area contributed by atoms with Gasteiger partial charge < -0.3 is 10.6 Å². The third-order valence-electron chi connectivity index (χ3n) is 3.33. The van der Waals surface area contributed by atoms with Crippen LogP contribution in [0.4, 0.5) is 11.4 Å². The average Bonchev–Trinajstić information content (AvgIpc) is 2.91. The molecule has 2 aromatic carbocycles. The molecule has 2 aromatic rings. The molecular formula is C17H13Br2N3O2S. The molecule has 0 saturated carbocycles. The zero-order valence-corrected chi connectivity index (χ0v) is 16.8. The summed E-state index contributed by atoms with van der Waals surface area (Å²) in [6, 6.07) is 14.7. The maximum atomic E-state index is 12.1. The van der Waals surface area contributed by atoms with Gasteiger partial charge in [0.15, 0.2) is 5.17 Å². The van der Waals surface area contributed by atoms with Crippen LogP contribution in [0.5, 0.6) is 0 Å². The Kier molecular flexibility index (Phi) is 5.93. The topological polar surface area (TPSA) is 70.6 Å². The molecule has 1 aliphatic rings. The van der Waals surface area contributed by atoms with Crippen LogP contribution < -0.4 is 10.6 Å². The lowest BCUT2D eigenvalue weighted by Crippen LogP contribution is -2.28. The number of carbonyl (C=O) groups is 2. The van der Waals surface area contributed by atoms with Crippen LogP contribution in [0.3, 0.4) is 0 Å². The van der Waals surface area contributed by atoms with E-state index in [4.69, 9.17) is 0 Å². The number of benzene rings is 2. The molecule has 25 heavy (non-hydrogen) atoms. The van der Waals surface area contributed by atoms with Crippen molar-refractivity contribution in [3.8, 4) is 0 Å². The molecule has 0 aromatic heterocycles. The molecule has 0 bridgehead atoms. The zero-order chi connectivity index (χ0) is 17.8. The van der Waals surface area contributed by atoms with Gasteiger partial charge >= 0.3 is 0 Å². The monoisotopic (exact) mass is 481 g/mol. The highest BCUT2D eigenvalue weighted by atomic mass is 79.9. The molecule has 2 amide bonds. The second-order valence-corrected chi connectivity index (χ2v) is 8.27. The predicted molar refractivity (Wildman–Crippen MR) is 108 cm³/mol. The molecule has 0 unspecified atom stereocenters. The summed E-state index contributed by atoms with van der Waals surface area (Å²) < 4.78 is 1.90. The SMILES string of the molecule is O=C(C[C@H]1SC(=Nc2ccc(Br)cc2)NC1=O)Nc1ccc(Br)cc1. The quantitative estimate of drug-likeness (QED) is 0.675. The summed E-state index contributed by atoms with van der Waals surface area (Å²) in [6.07, 6.45) is 0.0892. The third-order valence-corrected chi connectivity index (χ3v) is 5.47. The number of carbonyl (C=O) groups excluding carboxylic acids is 2. The van der Waals surface area contributed by atoms with Crippen LogP contribution in [0, 0.1) is 0 Å². The van der Waals surface area contributed by atoms with Crippen molar-refractivity contribution in [1.82, 2.24) is 5.32 Å². The lowest BCUT2D eigenvalue weighted by atomic mass is 10.2. The van der Waals surface area contributed by atoms with Crippen molar-refractivity contribution in [2.24, 2.45) is 4.99 Å². The second kappa shape index (κ2) is 8.16. The summed E-state index contributed by atoms with van der Waals surface area (Å²) in [6.45, 7) is 0. The highest BCUT2D eigenvalue weighted by Gasteiger charge is 2.32. The summed E-state index contributed by atoms with van der Waals surface area (Å²) in [5.74, 6) is -0.410. The van der Waals surface area contributed by atoms with Gasteiger partial charge in [-0.3, -0.25) is 9.59 Å². The highest BCUT2D eigenvalue weighted by molar-refractivity contribution is 9.10. The molecule has 8 heteroatoms. The molecule has 1 aliphatic heterocycles. The van der Waals surface area contributed by atoms with E-state index in [1.807, 2.05) is 36.4 Å². The Labute approximate surface area is 165 Å². The smallest absolute Gasteiger partial charge is 0.240 e. The largest absolute Gasteiger partial charge is 0.326 e. The van der Waals surface area contributed by atoms with Gasteiger partial charge in [0.2, 0.25) is 11.8 Å². The first kappa shape index (κ1) is 18.2. The minimum Gasteiger partial charge on any atom is -0.326 e. The first-order valence-electron chi connectivity index (χ1n) is 7.37. The summed E-state index contributed by atoms with van der Waals surface area (Å²) in [5.41, 5.74) is 1.44. The fraction of sp³-hybridized carbons (Fsp3) is 0.118. The Bertz CT molecular complexity index is 823. The van der Waals surface area contributed by atoms with E-state index >= 15 is 0 Å². The maximum Gasteiger partial charge on any atom is 0.240 e. The molecule has 1 fully saturated rings. The number of nitrogens with one attached hydrogen (secondary N) is 2. The first-order chi connectivity index (χ1) is 12.0. The molecule has 5 nitrogen and oxygen atoms in total. The van der Waals surface area contributed by atoms with E-state index in [9.17, 15) is 9.59 Å². The van der Waals surface area contributed by atoms with Crippen LogP contribution in [0.25, 0.3) is 0 Å². The van der Waals surface area contributed by atoms with E-state index in [0.717, 1.165) is 14.6 Å². The Morgan fingerprint density at radius 3 is 2.32 bits per heavy atom. The molecule has 0 radical (unpaired) electrons. The van der Waals surface area contributed by atoms with E-state index in [1.54, 1.807) is 12.1 Å². The standard InChI is InChI=1S/C17H13Br2N3O2S/c18-10-1-5-12(6-2-10)20-15(23)9-14-16(24)22-17(25-14)21-13-7-3-11(19)4-8-13/h1-8,14H,9H2,(H,20,23)(H,21,22,24)/t14-/m1/s1. The summed E-state index contributed by atoms with van der Waals surface area (Å²) in [4.78, 5) is 28.6. The van der Waals surface area contributed by atoms with Crippen LogP contribution in [0.2, 0.25) is 0 Å². The fourth-order valence-electron chi connectivity index (χ4n) is 2.14. The summed E-state index contributed by atoms with van der Waals surface area (Å²) in [5, 5.41) is 5.54. The number of aliphatic imine (C=N–C) groups is 1. The predicted octanol–water partition coefficient (Wildman–Crippen LogP) is 4.46. The van der Waals surface area contributed by atoms with Crippen LogP contribution in [0.1, 0.15) is 6.42 Å². The molecule has 1 saturated heterocycles. The molecular weight excluding hydrogens is 470 g/mol. The van der Waals surface area contributed by atoms with E-state index in [1.165, 1.54) is 11.8 Å². The molecule has 1 heterocycles. The van der Waals surface area contributed by atoms with E-state index < -0.39 is 5.25 Å². The van der Waals surface area contributed by atoms with Crippen molar-refractivity contribution < 1.29 is 9.59 Å². The van der Waals surface area contributed by atoms with Crippen LogP contribution >= 0.6 is 43.6 Å². The Morgan fingerprint density at radius 1 is 1.08 bits per heavy atom. The second-order valence-electron chi connectivity index (χ2n) is 5.25. The van der Waals surface area contributed by atoms with Gasteiger partial charge in [-0.1, -0.05) is 43.6 Å². The number of halogens is 2. The van der Waals surface area contributed by atoms with Gasteiger partial charge in [0.1, 0.15) is 5.25 Å². The lowest BCUT2D eigenvalue weighted by Gasteiger charge is -2.07. The van der Waals surface area contributed by atoms with Crippen molar-refractivity contribution in [3.05, 3.63) is 57.5 Å². The van der Waals surface area contributed by atoms with Crippen molar-refractivity contribution in [3.63, 3.8) is 0 Å². The number of amides is 2. The number of nitrogens with zero attached hydrogens (tertiary/aromatic N) is 1.